The molecule has 108 valence electrons. The standard InChI is InChI=1S/C10H15BrN2O4S2/c1-18(14,15)12-7-8-13(19(2,16)17)10-5-3-9(11)4-6-10/h3-6,12H,7-8H2,1-2H3. The number of nitrogens with one attached hydrogen (secondary N) is 1. The third-order valence-electron chi connectivity index (χ3n) is 2.19. The van der Waals surface area contributed by atoms with Crippen LogP contribution >= 0.6 is 15.9 Å². The van der Waals surface area contributed by atoms with Gasteiger partial charge in [0.05, 0.1) is 18.2 Å². The molecule has 0 aliphatic rings. The molecule has 6 nitrogen and oxygen atoms in total. The van der Waals surface area contributed by atoms with E-state index in [1.165, 1.54) is 0 Å². The van der Waals surface area contributed by atoms with Crippen molar-refractivity contribution in [1.29, 1.82) is 0 Å². The molecule has 19 heavy (non-hydrogen) atoms. The Morgan fingerprint density at radius 1 is 1.11 bits per heavy atom. The van der Waals surface area contributed by atoms with Crippen molar-refractivity contribution in [3.8, 4) is 0 Å². The first-order valence-corrected chi connectivity index (χ1v) is 9.81. The maximum atomic E-state index is 11.7. The van der Waals surface area contributed by atoms with Gasteiger partial charge in [-0.15, -0.1) is 0 Å². The Kier molecular flexibility index (Phi) is 5.36. The van der Waals surface area contributed by atoms with E-state index in [4.69, 9.17) is 0 Å². The third kappa shape index (κ3) is 5.89. The van der Waals surface area contributed by atoms with E-state index in [1.807, 2.05) is 0 Å². The molecule has 0 aromatic heterocycles. The fourth-order valence-corrected chi connectivity index (χ4v) is 3.08. The van der Waals surface area contributed by atoms with Gasteiger partial charge in [0.2, 0.25) is 20.0 Å². The second-order valence-electron chi connectivity index (χ2n) is 3.98. The van der Waals surface area contributed by atoms with Crippen LogP contribution < -0.4 is 9.03 Å². The van der Waals surface area contributed by atoms with Gasteiger partial charge in [-0.1, -0.05) is 15.9 Å². The second kappa shape index (κ2) is 6.21. The Morgan fingerprint density at radius 3 is 2.05 bits per heavy atom. The first kappa shape index (κ1) is 16.4. The molecule has 1 N–H and O–H groups in total. The minimum absolute atomic E-state index is 0.0158. The van der Waals surface area contributed by atoms with Gasteiger partial charge < -0.3 is 0 Å². The largest absolute Gasteiger partial charge is 0.269 e. The van der Waals surface area contributed by atoms with Crippen LogP contribution in [0.3, 0.4) is 0 Å². The van der Waals surface area contributed by atoms with Crippen LogP contribution in [0, 0.1) is 0 Å². The maximum absolute atomic E-state index is 11.7. The molecule has 1 rings (SSSR count). The Labute approximate surface area is 122 Å². The minimum Gasteiger partial charge on any atom is -0.269 e. The van der Waals surface area contributed by atoms with Crippen molar-refractivity contribution in [3.05, 3.63) is 28.7 Å². The summed E-state index contributed by atoms with van der Waals surface area (Å²) in [6.45, 7) is 0.0511. The van der Waals surface area contributed by atoms with Crippen LogP contribution in [0.15, 0.2) is 28.7 Å². The molecule has 0 saturated carbocycles. The number of hydrogen-bond donors (Lipinski definition) is 1. The number of sulfonamides is 2. The molecular weight excluding hydrogens is 356 g/mol. The van der Waals surface area contributed by atoms with Crippen LogP contribution in [0.25, 0.3) is 0 Å². The summed E-state index contributed by atoms with van der Waals surface area (Å²) in [4.78, 5) is 0. The van der Waals surface area contributed by atoms with Gasteiger partial charge in [-0.3, -0.25) is 4.31 Å². The SMILES string of the molecule is CS(=O)(=O)NCCN(c1ccc(Br)cc1)S(C)(=O)=O. The molecular formula is C10H15BrN2O4S2. The lowest BCUT2D eigenvalue weighted by atomic mass is 10.3. The van der Waals surface area contributed by atoms with E-state index in [0.717, 1.165) is 21.3 Å². The Hall–Kier alpha value is -0.640. The van der Waals surface area contributed by atoms with Crippen LogP contribution in [-0.2, 0) is 20.0 Å². The lowest BCUT2D eigenvalue weighted by Gasteiger charge is -2.22. The van der Waals surface area contributed by atoms with Gasteiger partial charge >= 0.3 is 0 Å². The molecule has 0 saturated heterocycles. The predicted octanol–water partition coefficient (Wildman–Crippen LogP) is 0.764. The molecule has 0 amide bonds. The Morgan fingerprint density at radius 2 is 1.63 bits per heavy atom. The molecule has 1 aromatic rings. The second-order valence-corrected chi connectivity index (χ2v) is 8.63. The fraction of sp³-hybridized carbons (Fsp3) is 0.400. The van der Waals surface area contributed by atoms with Gasteiger partial charge in [0, 0.05) is 17.6 Å². The maximum Gasteiger partial charge on any atom is 0.232 e. The number of rotatable bonds is 6. The molecule has 0 spiro atoms. The van der Waals surface area contributed by atoms with E-state index in [0.29, 0.717) is 5.69 Å². The van der Waals surface area contributed by atoms with Crippen LogP contribution in [0.2, 0.25) is 0 Å². The van der Waals surface area contributed by atoms with Gasteiger partial charge in [0.1, 0.15) is 0 Å². The summed E-state index contributed by atoms with van der Waals surface area (Å²) in [6, 6.07) is 6.73. The molecule has 0 aliphatic heterocycles. The zero-order valence-electron chi connectivity index (χ0n) is 10.5. The van der Waals surface area contributed by atoms with E-state index in [1.54, 1.807) is 24.3 Å². The van der Waals surface area contributed by atoms with Crippen LogP contribution in [-0.4, -0.2) is 42.4 Å². The van der Waals surface area contributed by atoms with Crippen molar-refractivity contribution in [2.24, 2.45) is 0 Å². The molecule has 0 atom stereocenters. The molecule has 0 aliphatic carbocycles. The highest BCUT2D eigenvalue weighted by Crippen LogP contribution is 2.20. The molecule has 1 aromatic carbocycles. The average Bonchev–Trinajstić information content (AvgIpc) is 2.23. The summed E-state index contributed by atoms with van der Waals surface area (Å²) < 4.78 is 49.6. The van der Waals surface area contributed by atoms with E-state index in [2.05, 4.69) is 20.7 Å². The summed E-state index contributed by atoms with van der Waals surface area (Å²) in [7, 11) is -6.80. The molecule has 0 fully saturated rings. The van der Waals surface area contributed by atoms with E-state index in [9.17, 15) is 16.8 Å². The Bertz CT molecular complexity index is 626. The number of anilines is 1. The molecule has 0 heterocycles. The lowest BCUT2D eigenvalue weighted by Crippen LogP contribution is -2.37. The first-order valence-electron chi connectivity index (χ1n) is 5.27. The fourth-order valence-electron chi connectivity index (χ4n) is 1.43. The van der Waals surface area contributed by atoms with E-state index >= 15 is 0 Å². The van der Waals surface area contributed by atoms with Gasteiger partial charge in [-0.05, 0) is 24.3 Å². The zero-order chi connectivity index (χ0) is 14.7. The highest BCUT2D eigenvalue weighted by Gasteiger charge is 2.17. The van der Waals surface area contributed by atoms with Crippen molar-refractivity contribution < 1.29 is 16.8 Å². The van der Waals surface area contributed by atoms with Crippen molar-refractivity contribution >= 4 is 41.7 Å². The van der Waals surface area contributed by atoms with Crippen LogP contribution in [0.1, 0.15) is 0 Å². The molecule has 0 unspecified atom stereocenters. The quantitative estimate of drug-likeness (QED) is 0.801. The summed E-state index contributed by atoms with van der Waals surface area (Å²) in [6.07, 6.45) is 2.10. The number of benzene rings is 1. The van der Waals surface area contributed by atoms with Crippen molar-refractivity contribution in [1.82, 2.24) is 4.72 Å². The van der Waals surface area contributed by atoms with Gasteiger partial charge in [-0.25, -0.2) is 21.6 Å². The summed E-state index contributed by atoms with van der Waals surface area (Å²) in [5.74, 6) is 0. The number of nitrogens with zero attached hydrogens (tertiary/aromatic N) is 1. The lowest BCUT2D eigenvalue weighted by molar-refractivity contribution is 0.583. The first-order chi connectivity index (χ1) is 8.59. The predicted molar refractivity (Wildman–Crippen MR) is 79.2 cm³/mol. The molecule has 9 heteroatoms. The summed E-state index contributed by atoms with van der Waals surface area (Å²) in [5, 5.41) is 0. The van der Waals surface area contributed by atoms with Crippen molar-refractivity contribution in [3.63, 3.8) is 0 Å². The molecule has 0 radical (unpaired) electrons. The smallest absolute Gasteiger partial charge is 0.232 e. The van der Waals surface area contributed by atoms with Gasteiger partial charge in [0.15, 0.2) is 0 Å². The van der Waals surface area contributed by atoms with Crippen LogP contribution in [0.5, 0.6) is 0 Å². The van der Waals surface area contributed by atoms with E-state index in [-0.39, 0.29) is 13.1 Å². The van der Waals surface area contributed by atoms with E-state index < -0.39 is 20.0 Å². The topological polar surface area (TPSA) is 83.6 Å². The van der Waals surface area contributed by atoms with Crippen LogP contribution in [0.4, 0.5) is 5.69 Å². The Balaban J connectivity index is 2.88. The van der Waals surface area contributed by atoms with Crippen molar-refractivity contribution in [2.45, 2.75) is 0 Å². The highest BCUT2D eigenvalue weighted by molar-refractivity contribution is 9.10. The van der Waals surface area contributed by atoms with Gasteiger partial charge in [-0.2, -0.15) is 0 Å². The molecule has 0 bridgehead atoms. The summed E-state index contributed by atoms with van der Waals surface area (Å²) in [5.41, 5.74) is 0.487. The normalized spacial score (nSPS) is 12.4. The van der Waals surface area contributed by atoms with Crippen molar-refractivity contribution in [2.75, 3.05) is 29.9 Å². The zero-order valence-corrected chi connectivity index (χ0v) is 13.7. The third-order valence-corrected chi connectivity index (χ3v) is 4.65. The number of halogens is 1. The monoisotopic (exact) mass is 370 g/mol. The average molecular weight is 371 g/mol. The summed E-state index contributed by atoms with van der Waals surface area (Å²) >= 11 is 3.26. The number of hydrogen-bond acceptors (Lipinski definition) is 4. The minimum atomic E-state index is -3.47. The van der Waals surface area contributed by atoms with Gasteiger partial charge in [0.25, 0.3) is 0 Å². The highest BCUT2D eigenvalue weighted by atomic mass is 79.9.